The first-order valence-corrected chi connectivity index (χ1v) is 9.20. The van der Waals surface area contributed by atoms with Crippen LogP contribution in [0.2, 0.25) is 0 Å². The van der Waals surface area contributed by atoms with Gasteiger partial charge in [-0.3, -0.25) is 14.6 Å². The predicted molar refractivity (Wildman–Crippen MR) is 107 cm³/mol. The molecule has 0 unspecified atom stereocenters. The molecule has 11 heteroatoms. The summed E-state index contributed by atoms with van der Waals surface area (Å²) < 4.78 is 40.0. The smallest absolute Gasteiger partial charge is 0.329 e. The number of H-pyrrole nitrogens is 1. The first-order valence-electron chi connectivity index (χ1n) is 9.20. The minimum atomic E-state index is -1.07. The molecule has 1 aliphatic rings. The maximum absolute atomic E-state index is 15.1. The Labute approximate surface area is 174 Å². The molecule has 31 heavy (non-hydrogen) atoms. The quantitative estimate of drug-likeness (QED) is 0.580. The number of hydrogen-bond donors (Lipinski definition) is 2. The number of rotatable bonds is 6. The van der Waals surface area contributed by atoms with E-state index in [9.17, 15) is 14.7 Å². The molecule has 0 fully saturated rings. The fraction of sp³-hybridized carbons (Fsp3) is 0.250. The van der Waals surface area contributed by atoms with Crippen LogP contribution < -0.4 is 19.3 Å². The number of aromatic nitrogens is 2. The zero-order valence-corrected chi connectivity index (χ0v) is 16.6. The molecule has 0 saturated carbocycles. The summed E-state index contributed by atoms with van der Waals surface area (Å²) in [6, 6.07) is 1.81. The SMILES string of the molecule is COc1cc(OC)c(F)c(N2Cc3cnc4[nH]c(C=O)cc4c3N(CCO)C2=O)c1F. The number of hydrogen-bond acceptors (Lipinski definition) is 6. The third-order valence-corrected chi connectivity index (χ3v) is 5.06. The summed E-state index contributed by atoms with van der Waals surface area (Å²) in [6.07, 6.45) is 2.05. The summed E-state index contributed by atoms with van der Waals surface area (Å²) in [5.74, 6) is -2.73. The molecular formula is C20H18F2N4O5. The molecule has 2 aromatic heterocycles. The van der Waals surface area contributed by atoms with E-state index in [2.05, 4.69) is 9.97 Å². The van der Waals surface area contributed by atoms with Gasteiger partial charge in [0, 0.05) is 23.2 Å². The van der Waals surface area contributed by atoms with E-state index in [1.807, 2.05) is 0 Å². The number of β-amino-alcohol motifs (C(OH)–C–C–N with tert-alkyl or cyclic N) is 1. The molecule has 0 atom stereocenters. The Morgan fingerprint density at radius 3 is 2.45 bits per heavy atom. The predicted octanol–water partition coefficient (Wildman–Crippen LogP) is 2.61. The van der Waals surface area contributed by atoms with Crippen molar-refractivity contribution in [2.45, 2.75) is 6.54 Å². The largest absolute Gasteiger partial charge is 0.493 e. The van der Waals surface area contributed by atoms with E-state index in [-0.39, 0.29) is 30.3 Å². The van der Waals surface area contributed by atoms with Gasteiger partial charge in [0.2, 0.25) is 0 Å². The van der Waals surface area contributed by atoms with Gasteiger partial charge in [0.25, 0.3) is 0 Å². The number of pyridine rings is 1. The van der Waals surface area contributed by atoms with Crippen molar-refractivity contribution in [1.29, 1.82) is 0 Å². The summed E-state index contributed by atoms with van der Waals surface area (Å²) in [7, 11) is 2.42. The molecule has 0 saturated heterocycles. The Morgan fingerprint density at radius 2 is 1.87 bits per heavy atom. The number of methoxy groups -OCH3 is 2. The minimum absolute atomic E-state index is 0.145. The van der Waals surface area contributed by atoms with Crippen molar-refractivity contribution in [3.8, 4) is 11.5 Å². The third kappa shape index (κ3) is 3.13. The fourth-order valence-corrected chi connectivity index (χ4v) is 3.69. The molecule has 9 nitrogen and oxygen atoms in total. The van der Waals surface area contributed by atoms with E-state index in [4.69, 9.17) is 9.47 Å². The number of halogens is 2. The Balaban J connectivity index is 1.93. The van der Waals surface area contributed by atoms with E-state index in [1.54, 1.807) is 0 Å². The molecule has 0 bridgehead atoms. The summed E-state index contributed by atoms with van der Waals surface area (Å²) in [5, 5.41) is 10.0. The first-order chi connectivity index (χ1) is 14.9. The van der Waals surface area contributed by atoms with Crippen molar-refractivity contribution in [3.05, 3.63) is 41.2 Å². The molecule has 2 N–H and O–H groups in total. The number of aliphatic hydroxyl groups excluding tert-OH is 1. The molecular weight excluding hydrogens is 414 g/mol. The van der Waals surface area contributed by atoms with E-state index < -0.39 is 30.0 Å². The van der Waals surface area contributed by atoms with E-state index >= 15 is 8.78 Å². The molecule has 162 valence electrons. The highest BCUT2D eigenvalue weighted by molar-refractivity contribution is 6.12. The van der Waals surface area contributed by atoms with Gasteiger partial charge in [-0.2, -0.15) is 0 Å². The summed E-state index contributed by atoms with van der Waals surface area (Å²) in [4.78, 5) is 33.6. The maximum atomic E-state index is 15.1. The molecule has 0 aliphatic carbocycles. The maximum Gasteiger partial charge on any atom is 0.329 e. The number of benzene rings is 1. The normalized spacial score (nSPS) is 13.5. The average molecular weight is 432 g/mol. The number of aldehydes is 1. The van der Waals surface area contributed by atoms with Crippen molar-refractivity contribution in [1.82, 2.24) is 9.97 Å². The van der Waals surface area contributed by atoms with Gasteiger partial charge in [0.1, 0.15) is 11.3 Å². The summed E-state index contributed by atoms with van der Waals surface area (Å²) >= 11 is 0. The van der Waals surface area contributed by atoms with Crippen LogP contribution in [-0.4, -0.2) is 54.8 Å². The van der Waals surface area contributed by atoms with Crippen LogP contribution in [0.25, 0.3) is 11.0 Å². The lowest BCUT2D eigenvalue weighted by Crippen LogP contribution is -2.49. The highest BCUT2D eigenvalue weighted by Crippen LogP contribution is 2.42. The fourth-order valence-electron chi connectivity index (χ4n) is 3.69. The molecule has 1 aromatic carbocycles. The van der Waals surface area contributed by atoms with Crippen molar-refractivity contribution in [3.63, 3.8) is 0 Å². The van der Waals surface area contributed by atoms with E-state index in [0.717, 1.165) is 11.0 Å². The van der Waals surface area contributed by atoms with Crippen LogP contribution in [0.15, 0.2) is 18.3 Å². The number of fused-ring (bicyclic) bond motifs is 3. The lowest BCUT2D eigenvalue weighted by Gasteiger charge is -2.37. The lowest BCUT2D eigenvalue weighted by molar-refractivity contribution is 0.111. The van der Waals surface area contributed by atoms with Crippen LogP contribution in [0.3, 0.4) is 0 Å². The number of aromatic amines is 1. The highest BCUT2D eigenvalue weighted by Gasteiger charge is 2.37. The third-order valence-electron chi connectivity index (χ3n) is 5.06. The first kappa shape index (κ1) is 20.5. The number of amides is 2. The van der Waals surface area contributed by atoms with Gasteiger partial charge < -0.3 is 19.6 Å². The van der Waals surface area contributed by atoms with Gasteiger partial charge in [-0.1, -0.05) is 0 Å². The summed E-state index contributed by atoms with van der Waals surface area (Å²) in [6.45, 7) is -0.752. The number of carbonyl (C=O) groups excluding carboxylic acids is 2. The van der Waals surface area contributed by atoms with Gasteiger partial charge in [-0.15, -0.1) is 0 Å². The Morgan fingerprint density at radius 1 is 1.19 bits per heavy atom. The van der Waals surface area contributed by atoms with Gasteiger partial charge in [0.15, 0.2) is 29.4 Å². The molecule has 0 radical (unpaired) electrons. The number of anilines is 2. The van der Waals surface area contributed by atoms with Crippen LogP contribution in [0.1, 0.15) is 16.1 Å². The number of ether oxygens (including phenoxy) is 2. The Hall–Kier alpha value is -3.73. The number of aliphatic hydroxyl groups is 1. The number of carbonyl (C=O) groups is 2. The average Bonchev–Trinajstić information content (AvgIpc) is 3.20. The van der Waals surface area contributed by atoms with Crippen LogP contribution in [0.5, 0.6) is 11.5 Å². The van der Waals surface area contributed by atoms with Crippen LogP contribution >= 0.6 is 0 Å². The Kier molecular flexibility index (Phi) is 5.19. The van der Waals surface area contributed by atoms with Crippen molar-refractivity contribution in [2.24, 2.45) is 0 Å². The van der Waals surface area contributed by atoms with Crippen LogP contribution in [0.4, 0.5) is 25.0 Å². The van der Waals surface area contributed by atoms with Crippen LogP contribution in [-0.2, 0) is 6.54 Å². The Bertz CT molecular complexity index is 1170. The standard InChI is InChI=1S/C20H18F2N4O5/c1-30-13-6-14(31-2)16(22)18(15(13)21)26-8-10-7-23-19-12(5-11(9-28)24-19)17(10)25(3-4-27)20(26)29/h5-7,9,27H,3-4,8H2,1-2H3,(H,23,24). The van der Waals surface area contributed by atoms with Gasteiger partial charge in [-0.25, -0.2) is 18.6 Å². The van der Waals surface area contributed by atoms with Crippen molar-refractivity contribution in [2.75, 3.05) is 37.2 Å². The van der Waals surface area contributed by atoms with Crippen LogP contribution in [0, 0.1) is 11.6 Å². The number of urea groups is 1. The van der Waals surface area contributed by atoms with Gasteiger partial charge in [-0.05, 0) is 6.07 Å². The number of nitrogens with zero attached hydrogens (tertiary/aromatic N) is 3. The second-order valence-electron chi connectivity index (χ2n) is 6.74. The van der Waals surface area contributed by atoms with E-state index in [1.165, 1.54) is 31.4 Å². The topological polar surface area (TPSA) is 108 Å². The molecule has 2 amide bonds. The molecule has 4 rings (SSSR count). The molecule has 0 spiro atoms. The van der Waals surface area contributed by atoms with Crippen molar-refractivity contribution >= 4 is 34.7 Å². The monoisotopic (exact) mass is 432 g/mol. The second kappa shape index (κ2) is 7.84. The number of nitrogens with one attached hydrogen (secondary N) is 1. The van der Waals surface area contributed by atoms with Crippen molar-refractivity contribution < 1.29 is 33.0 Å². The van der Waals surface area contributed by atoms with E-state index in [0.29, 0.717) is 28.6 Å². The second-order valence-corrected chi connectivity index (χ2v) is 6.74. The zero-order chi connectivity index (χ0) is 22.3. The van der Waals surface area contributed by atoms with Gasteiger partial charge in [0.05, 0.1) is 45.3 Å². The highest BCUT2D eigenvalue weighted by atomic mass is 19.1. The van der Waals surface area contributed by atoms with Gasteiger partial charge >= 0.3 is 6.03 Å². The molecule has 3 aromatic rings. The molecule has 3 heterocycles. The minimum Gasteiger partial charge on any atom is -0.493 e. The lowest BCUT2D eigenvalue weighted by atomic mass is 10.1. The zero-order valence-electron chi connectivity index (χ0n) is 16.6. The summed E-state index contributed by atoms with van der Waals surface area (Å²) in [5.41, 5.74) is 0.852. The molecule has 1 aliphatic heterocycles.